The van der Waals surface area contributed by atoms with E-state index in [9.17, 15) is 9.59 Å². The van der Waals surface area contributed by atoms with Crippen molar-refractivity contribution in [3.05, 3.63) is 35.4 Å². The standard InChI is InChI=1S/C13H15N3O2/c1-9(2)7-12(17)15-16-13(18)11-5-3-10(8-14)4-6-11/h3-6,9H,7H2,1-2H3,(H,15,17)(H,16,18). The molecule has 0 bridgehead atoms. The average Bonchev–Trinajstić information content (AvgIpc) is 2.35. The fraction of sp³-hybridized carbons (Fsp3) is 0.308. The summed E-state index contributed by atoms with van der Waals surface area (Å²) in [4.78, 5) is 22.9. The van der Waals surface area contributed by atoms with E-state index >= 15 is 0 Å². The topological polar surface area (TPSA) is 82.0 Å². The summed E-state index contributed by atoms with van der Waals surface area (Å²) in [5.74, 6) is -0.402. The fourth-order valence-electron chi connectivity index (χ4n) is 1.32. The summed E-state index contributed by atoms with van der Waals surface area (Å²) >= 11 is 0. The summed E-state index contributed by atoms with van der Waals surface area (Å²) < 4.78 is 0. The monoisotopic (exact) mass is 245 g/mol. The van der Waals surface area contributed by atoms with Gasteiger partial charge in [-0.15, -0.1) is 0 Å². The fourth-order valence-corrected chi connectivity index (χ4v) is 1.32. The predicted octanol–water partition coefficient (Wildman–Crippen LogP) is 1.37. The van der Waals surface area contributed by atoms with Gasteiger partial charge in [0.2, 0.25) is 5.91 Å². The Labute approximate surface area is 106 Å². The van der Waals surface area contributed by atoms with Crippen LogP contribution in [0, 0.1) is 17.2 Å². The van der Waals surface area contributed by atoms with Crippen LogP contribution in [-0.2, 0) is 4.79 Å². The van der Waals surface area contributed by atoms with Gasteiger partial charge in [0.1, 0.15) is 0 Å². The van der Waals surface area contributed by atoms with E-state index in [1.54, 1.807) is 12.1 Å². The second-order valence-electron chi connectivity index (χ2n) is 4.29. The van der Waals surface area contributed by atoms with Crippen molar-refractivity contribution in [1.82, 2.24) is 10.9 Å². The number of nitriles is 1. The van der Waals surface area contributed by atoms with Gasteiger partial charge < -0.3 is 0 Å². The molecule has 2 amide bonds. The number of nitrogens with zero attached hydrogens (tertiary/aromatic N) is 1. The van der Waals surface area contributed by atoms with Crippen LogP contribution >= 0.6 is 0 Å². The van der Waals surface area contributed by atoms with Crippen LogP contribution < -0.4 is 10.9 Å². The number of amides is 2. The molecule has 1 aromatic carbocycles. The Morgan fingerprint density at radius 1 is 1.22 bits per heavy atom. The average molecular weight is 245 g/mol. The van der Waals surface area contributed by atoms with Crippen LogP contribution in [0.15, 0.2) is 24.3 Å². The third-order valence-electron chi connectivity index (χ3n) is 2.19. The number of rotatable bonds is 3. The smallest absolute Gasteiger partial charge is 0.269 e. The maximum Gasteiger partial charge on any atom is 0.269 e. The minimum absolute atomic E-state index is 0.230. The Kier molecular flexibility index (Phi) is 4.88. The van der Waals surface area contributed by atoms with Crippen molar-refractivity contribution >= 4 is 11.8 Å². The molecule has 0 spiro atoms. The molecule has 1 rings (SSSR count). The van der Waals surface area contributed by atoms with E-state index in [-0.39, 0.29) is 11.8 Å². The van der Waals surface area contributed by atoms with Crippen molar-refractivity contribution in [3.63, 3.8) is 0 Å². The van der Waals surface area contributed by atoms with E-state index in [1.807, 2.05) is 19.9 Å². The molecule has 0 saturated heterocycles. The van der Waals surface area contributed by atoms with Gasteiger partial charge >= 0.3 is 0 Å². The number of benzene rings is 1. The van der Waals surface area contributed by atoms with Gasteiger partial charge in [-0.2, -0.15) is 5.26 Å². The van der Waals surface area contributed by atoms with E-state index in [0.29, 0.717) is 17.5 Å². The Balaban J connectivity index is 2.50. The first kappa shape index (κ1) is 13.7. The first-order valence-electron chi connectivity index (χ1n) is 5.62. The van der Waals surface area contributed by atoms with Crippen LogP contribution in [0.2, 0.25) is 0 Å². The molecule has 0 aromatic heterocycles. The summed E-state index contributed by atoms with van der Waals surface area (Å²) in [6, 6.07) is 8.12. The number of carbonyl (C=O) groups is 2. The Morgan fingerprint density at radius 3 is 2.33 bits per heavy atom. The Hall–Kier alpha value is -2.35. The van der Waals surface area contributed by atoms with Crippen LogP contribution in [0.4, 0.5) is 0 Å². The lowest BCUT2D eigenvalue weighted by Gasteiger charge is -2.08. The highest BCUT2D eigenvalue weighted by molar-refractivity contribution is 5.95. The minimum Gasteiger partial charge on any atom is -0.273 e. The lowest BCUT2D eigenvalue weighted by molar-refractivity contribution is -0.122. The van der Waals surface area contributed by atoms with Gasteiger partial charge in [-0.25, -0.2) is 0 Å². The molecule has 0 atom stereocenters. The Morgan fingerprint density at radius 2 is 1.83 bits per heavy atom. The summed E-state index contributed by atoms with van der Waals surface area (Å²) in [6.45, 7) is 3.84. The van der Waals surface area contributed by atoms with Gasteiger partial charge in [-0.3, -0.25) is 20.4 Å². The van der Waals surface area contributed by atoms with Crippen molar-refractivity contribution in [2.24, 2.45) is 5.92 Å². The third kappa shape index (κ3) is 4.26. The first-order valence-corrected chi connectivity index (χ1v) is 5.62. The molecule has 0 aliphatic rings. The van der Waals surface area contributed by atoms with E-state index in [4.69, 9.17) is 5.26 Å². The predicted molar refractivity (Wildman–Crippen MR) is 66.2 cm³/mol. The summed E-state index contributed by atoms with van der Waals surface area (Å²) in [5.41, 5.74) is 5.53. The highest BCUT2D eigenvalue weighted by Crippen LogP contribution is 2.03. The molecular weight excluding hydrogens is 230 g/mol. The number of hydrogen-bond donors (Lipinski definition) is 2. The molecule has 0 radical (unpaired) electrons. The van der Waals surface area contributed by atoms with Crippen LogP contribution in [0.25, 0.3) is 0 Å². The number of carbonyl (C=O) groups excluding carboxylic acids is 2. The lowest BCUT2D eigenvalue weighted by Crippen LogP contribution is -2.41. The third-order valence-corrected chi connectivity index (χ3v) is 2.19. The molecule has 0 saturated carbocycles. The molecule has 94 valence electrons. The van der Waals surface area contributed by atoms with Crippen molar-refractivity contribution < 1.29 is 9.59 Å². The molecule has 2 N–H and O–H groups in total. The van der Waals surface area contributed by atoms with E-state index in [0.717, 1.165) is 0 Å². The minimum atomic E-state index is -0.406. The number of hydrazine groups is 1. The quantitative estimate of drug-likeness (QED) is 0.789. The molecule has 0 aliphatic heterocycles. The van der Waals surface area contributed by atoms with Gasteiger partial charge in [0.05, 0.1) is 11.6 Å². The summed E-state index contributed by atoms with van der Waals surface area (Å²) in [7, 11) is 0. The maximum absolute atomic E-state index is 11.6. The highest BCUT2D eigenvalue weighted by Gasteiger charge is 2.08. The molecule has 0 heterocycles. The first-order chi connectivity index (χ1) is 8.52. The lowest BCUT2D eigenvalue weighted by atomic mass is 10.1. The van der Waals surface area contributed by atoms with Gasteiger partial charge in [-0.1, -0.05) is 13.8 Å². The molecule has 0 fully saturated rings. The highest BCUT2D eigenvalue weighted by atomic mass is 16.2. The zero-order valence-corrected chi connectivity index (χ0v) is 10.4. The molecular formula is C13H15N3O2. The molecule has 18 heavy (non-hydrogen) atoms. The van der Waals surface area contributed by atoms with Crippen molar-refractivity contribution in [1.29, 1.82) is 5.26 Å². The van der Waals surface area contributed by atoms with Crippen LogP contribution in [0.5, 0.6) is 0 Å². The van der Waals surface area contributed by atoms with Crippen LogP contribution in [0.1, 0.15) is 36.2 Å². The largest absolute Gasteiger partial charge is 0.273 e. The summed E-state index contributed by atoms with van der Waals surface area (Å²) in [6.07, 6.45) is 0.355. The van der Waals surface area contributed by atoms with E-state index in [2.05, 4.69) is 10.9 Å². The Bertz CT molecular complexity index is 472. The molecule has 5 heteroatoms. The maximum atomic E-state index is 11.6. The SMILES string of the molecule is CC(C)CC(=O)NNC(=O)c1ccc(C#N)cc1. The van der Waals surface area contributed by atoms with Gasteiger partial charge in [-0.05, 0) is 30.2 Å². The van der Waals surface area contributed by atoms with Crippen molar-refractivity contribution in [3.8, 4) is 6.07 Å². The molecule has 1 aromatic rings. The molecule has 0 unspecified atom stereocenters. The molecule has 0 aliphatic carbocycles. The zero-order chi connectivity index (χ0) is 13.5. The van der Waals surface area contributed by atoms with Crippen molar-refractivity contribution in [2.45, 2.75) is 20.3 Å². The van der Waals surface area contributed by atoms with E-state index in [1.165, 1.54) is 12.1 Å². The van der Waals surface area contributed by atoms with Gasteiger partial charge in [0.15, 0.2) is 0 Å². The normalized spacial score (nSPS) is 9.67. The van der Waals surface area contributed by atoms with Gasteiger partial charge in [0, 0.05) is 12.0 Å². The second-order valence-corrected chi connectivity index (χ2v) is 4.29. The number of hydrogen-bond acceptors (Lipinski definition) is 3. The summed E-state index contributed by atoms with van der Waals surface area (Å²) in [5, 5.41) is 8.62. The van der Waals surface area contributed by atoms with Crippen molar-refractivity contribution in [2.75, 3.05) is 0 Å². The second kappa shape index (κ2) is 6.40. The number of nitrogens with one attached hydrogen (secondary N) is 2. The van der Waals surface area contributed by atoms with E-state index < -0.39 is 5.91 Å². The van der Waals surface area contributed by atoms with Gasteiger partial charge in [0.25, 0.3) is 5.91 Å². The molecule has 5 nitrogen and oxygen atoms in total. The zero-order valence-electron chi connectivity index (χ0n) is 10.4. The van der Waals surface area contributed by atoms with Crippen LogP contribution in [0.3, 0.4) is 0 Å². The van der Waals surface area contributed by atoms with Crippen LogP contribution in [-0.4, -0.2) is 11.8 Å².